The molecule has 2 heterocycles. The zero-order chi connectivity index (χ0) is 13.1. The third kappa shape index (κ3) is 2.51. The van der Waals surface area contributed by atoms with Gasteiger partial charge in [-0.3, -0.25) is 9.48 Å². The van der Waals surface area contributed by atoms with Gasteiger partial charge in [0.1, 0.15) is 5.52 Å². The Morgan fingerprint density at radius 3 is 2.89 bits per heavy atom. The molecule has 7 nitrogen and oxygen atoms in total. The van der Waals surface area contributed by atoms with Crippen LogP contribution in [0.2, 0.25) is 5.28 Å². The summed E-state index contributed by atoms with van der Waals surface area (Å²) in [7, 11) is 2.82. The van der Waals surface area contributed by atoms with E-state index in [9.17, 15) is 4.79 Å². The number of aromatic nitrogens is 4. The van der Waals surface area contributed by atoms with Crippen LogP contribution in [0, 0.1) is 0 Å². The molecule has 8 heteroatoms. The number of carbonyl (C=O) groups is 1. The maximum Gasteiger partial charge on any atom is 0.307 e. The molecule has 18 heavy (non-hydrogen) atoms. The van der Waals surface area contributed by atoms with E-state index in [0.29, 0.717) is 23.5 Å². The third-order valence-electron chi connectivity index (χ3n) is 2.32. The number of hydrogen-bond acceptors (Lipinski definition) is 6. The zero-order valence-corrected chi connectivity index (χ0v) is 10.6. The SMILES string of the molecule is COC(=O)CCn1cc2nc(Cl)nc(OC)c2n1. The molecule has 0 fully saturated rings. The molecular weight excluding hydrogens is 260 g/mol. The summed E-state index contributed by atoms with van der Waals surface area (Å²) >= 11 is 5.75. The van der Waals surface area contributed by atoms with Crippen LogP contribution in [0.4, 0.5) is 0 Å². The van der Waals surface area contributed by atoms with Crippen LogP contribution in [0.5, 0.6) is 5.88 Å². The van der Waals surface area contributed by atoms with E-state index in [4.69, 9.17) is 16.3 Å². The Hall–Kier alpha value is -1.89. The standard InChI is InChI=1S/C10H11ClN4O3/c1-17-7(16)3-4-15-5-6-8(14-15)9(18-2)13-10(11)12-6/h5H,3-4H2,1-2H3. The van der Waals surface area contributed by atoms with Crippen LogP contribution in [0.15, 0.2) is 6.20 Å². The smallest absolute Gasteiger partial charge is 0.307 e. The van der Waals surface area contributed by atoms with E-state index in [1.807, 2.05) is 0 Å². The minimum absolute atomic E-state index is 0.0897. The molecule has 96 valence electrons. The molecule has 2 rings (SSSR count). The summed E-state index contributed by atoms with van der Waals surface area (Å²) < 4.78 is 11.2. The van der Waals surface area contributed by atoms with Gasteiger partial charge in [0, 0.05) is 0 Å². The van der Waals surface area contributed by atoms with Gasteiger partial charge in [-0.2, -0.15) is 10.1 Å². The maximum atomic E-state index is 11.0. The van der Waals surface area contributed by atoms with Crippen LogP contribution >= 0.6 is 11.6 Å². The fraction of sp³-hybridized carbons (Fsp3) is 0.400. The van der Waals surface area contributed by atoms with Gasteiger partial charge in [-0.15, -0.1) is 0 Å². The minimum Gasteiger partial charge on any atom is -0.479 e. The predicted molar refractivity (Wildman–Crippen MR) is 63.5 cm³/mol. The Kier molecular flexibility index (Phi) is 3.61. The first-order valence-electron chi connectivity index (χ1n) is 5.15. The number of fused-ring (bicyclic) bond motifs is 1. The maximum absolute atomic E-state index is 11.0. The molecule has 0 aliphatic rings. The summed E-state index contributed by atoms with van der Waals surface area (Å²) in [6.45, 7) is 0.393. The first-order valence-corrected chi connectivity index (χ1v) is 5.53. The first-order chi connectivity index (χ1) is 8.63. The van der Waals surface area contributed by atoms with Gasteiger partial charge in [-0.05, 0) is 11.6 Å². The highest BCUT2D eigenvalue weighted by atomic mass is 35.5. The van der Waals surface area contributed by atoms with Crippen molar-refractivity contribution < 1.29 is 14.3 Å². The highest BCUT2D eigenvalue weighted by Crippen LogP contribution is 2.22. The lowest BCUT2D eigenvalue weighted by Crippen LogP contribution is -2.07. The highest BCUT2D eigenvalue weighted by molar-refractivity contribution is 6.28. The second-order valence-electron chi connectivity index (χ2n) is 3.45. The van der Waals surface area contributed by atoms with Gasteiger partial charge >= 0.3 is 5.97 Å². The van der Waals surface area contributed by atoms with Crippen molar-refractivity contribution in [2.75, 3.05) is 14.2 Å². The van der Waals surface area contributed by atoms with Gasteiger partial charge in [0.15, 0.2) is 5.52 Å². The number of hydrogen-bond donors (Lipinski definition) is 0. The van der Waals surface area contributed by atoms with Gasteiger partial charge in [0.2, 0.25) is 11.2 Å². The van der Waals surface area contributed by atoms with E-state index in [0.717, 1.165) is 0 Å². The zero-order valence-electron chi connectivity index (χ0n) is 9.88. The number of carbonyl (C=O) groups excluding carboxylic acids is 1. The Bertz CT molecular complexity index is 584. The molecule has 0 N–H and O–H groups in total. The van der Waals surface area contributed by atoms with Crippen LogP contribution in [-0.4, -0.2) is 39.9 Å². The molecule has 0 aliphatic carbocycles. The van der Waals surface area contributed by atoms with Crippen molar-refractivity contribution in [1.82, 2.24) is 19.7 Å². The second-order valence-corrected chi connectivity index (χ2v) is 3.79. The molecular formula is C10H11ClN4O3. The van der Waals surface area contributed by atoms with E-state index in [2.05, 4.69) is 19.8 Å². The number of ether oxygens (including phenoxy) is 2. The molecule has 0 aromatic carbocycles. The molecule has 2 aromatic rings. The molecule has 0 spiro atoms. The lowest BCUT2D eigenvalue weighted by atomic mass is 10.4. The Morgan fingerprint density at radius 2 is 2.22 bits per heavy atom. The van der Waals surface area contributed by atoms with Crippen LogP contribution in [0.1, 0.15) is 6.42 Å². The normalized spacial score (nSPS) is 10.6. The predicted octanol–water partition coefficient (Wildman–Crippen LogP) is 1.05. The van der Waals surface area contributed by atoms with Crippen LogP contribution in [-0.2, 0) is 16.1 Å². The van der Waals surface area contributed by atoms with E-state index >= 15 is 0 Å². The molecule has 0 bridgehead atoms. The van der Waals surface area contributed by atoms with Gasteiger partial charge in [0.25, 0.3) is 0 Å². The summed E-state index contributed by atoms with van der Waals surface area (Å²) in [6.07, 6.45) is 1.91. The van der Waals surface area contributed by atoms with Crippen molar-refractivity contribution in [3.63, 3.8) is 0 Å². The quantitative estimate of drug-likeness (QED) is 0.610. The Labute approximate surface area is 108 Å². The van der Waals surface area contributed by atoms with Crippen molar-refractivity contribution in [2.45, 2.75) is 13.0 Å². The third-order valence-corrected chi connectivity index (χ3v) is 2.49. The fourth-order valence-corrected chi connectivity index (χ4v) is 1.64. The Morgan fingerprint density at radius 1 is 1.44 bits per heavy atom. The molecule has 0 amide bonds. The van der Waals surface area contributed by atoms with E-state index in [1.54, 1.807) is 10.9 Å². The summed E-state index contributed by atoms with van der Waals surface area (Å²) in [5.41, 5.74) is 1.07. The minimum atomic E-state index is -0.300. The highest BCUT2D eigenvalue weighted by Gasteiger charge is 2.12. The largest absolute Gasteiger partial charge is 0.479 e. The first kappa shape index (κ1) is 12.6. The second kappa shape index (κ2) is 5.18. The number of methoxy groups -OCH3 is 2. The van der Waals surface area contributed by atoms with Crippen molar-refractivity contribution in [1.29, 1.82) is 0 Å². The van der Waals surface area contributed by atoms with E-state index in [-0.39, 0.29) is 17.7 Å². The summed E-state index contributed by atoms with van der Waals surface area (Å²) in [4.78, 5) is 19.0. The van der Waals surface area contributed by atoms with Crippen LogP contribution in [0.25, 0.3) is 11.0 Å². The van der Waals surface area contributed by atoms with Gasteiger partial charge in [-0.25, -0.2) is 4.98 Å². The molecule has 0 unspecified atom stereocenters. The fourth-order valence-electron chi connectivity index (χ4n) is 1.47. The number of halogens is 1. The van der Waals surface area contributed by atoms with Crippen LogP contribution < -0.4 is 4.74 Å². The number of rotatable bonds is 4. The van der Waals surface area contributed by atoms with Crippen molar-refractivity contribution in [2.24, 2.45) is 0 Å². The summed E-state index contributed by atoms with van der Waals surface area (Å²) in [5.74, 6) is 0.00690. The lowest BCUT2D eigenvalue weighted by molar-refractivity contribution is -0.140. The summed E-state index contributed by atoms with van der Waals surface area (Å²) in [6, 6.07) is 0. The van der Waals surface area contributed by atoms with Gasteiger partial charge in [-0.1, -0.05) is 0 Å². The van der Waals surface area contributed by atoms with E-state index < -0.39 is 0 Å². The number of aryl methyl sites for hydroxylation is 1. The summed E-state index contributed by atoms with van der Waals surface area (Å²) in [5, 5.41) is 4.32. The monoisotopic (exact) mass is 270 g/mol. The molecule has 0 radical (unpaired) electrons. The van der Waals surface area contributed by atoms with E-state index in [1.165, 1.54) is 14.2 Å². The average Bonchev–Trinajstić information content (AvgIpc) is 2.77. The molecule has 0 aliphatic heterocycles. The number of nitrogens with zero attached hydrogens (tertiary/aromatic N) is 4. The van der Waals surface area contributed by atoms with Crippen molar-refractivity contribution >= 4 is 28.6 Å². The lowest BCUT2D eigenvalue weighted by Gasteiger charge is -1.99. The van der Waals surface area contributed by atoms with Gasteiger partial charge < -0.3 is 9.47 Å². The average molecular weight is 271 g/mol. The Balaban J connectivity index is 2.29. The topological polar surface area (TPSA) is 79.1 Å². The van der Waals surface area contributed by atoms with Gasteiger partial charge in [0.05, 0.1) is 33.4 Å². The van der Waals surface area contributed by atoms with Crippen LogP contribution in [0.3, 0.4) is 0 Å². The number of esters is 1. The molecule has 0 saturated carbocycles. The molecule has 0 saturated heterocycles. The van der Waals surface area contributed by atoms with Crippen molar-refractivity contribution in [3.05, 3.63) is 11.5 Å². The van der Waals surface area contributed by atoms with Crippen molar-refractivity contribution in [3.8, 4) is 5.88 Å². The molecule has 2 aromatic heterocycles. The molecule has 0 atom stereocenters.